The molecule has 1 fully saturated rings. The van der Waals surface area contributed by atoms with Crippen molar-refractivity contribution in [1.82, 2.24) is 30.5 Å². The lowest BCUT2D eigenvalue weighted by atomic mass is 9.90. The summed E-state index contributed by atoms with van der Waals surface area (Å²) in [6.07, 6.45) is 5.97. The highest BCUT2D eigenvalue weighted by atomic mass is 32.1. The summed E-state index contributed by atoms with van der Waals surface area (Å²) in [7, 11) is 3.18. The topological polar surface area (TPSA) is 109 Å². The number of piperidine rings is 1. The third kappa shape index (κ3) is 4.70. The third-order valence-electron chi connectivity index (χ3n) is 4.88. The van der Waals surface area contributed by atoms with Crippen molar-refractivity contribution in [2.75, 3.05) is 33.8 Å². The van der Waals surface area contributed by atoms with Crippen LogP contribution in [0.2, 0.25) is 0 Å². The zero-order valence-electron chi connectivity index (χ0n) is 16.0. The normalized spacial score (nSPS) is 16.5. The minimum Gasteiger partial charge on any atom is -0.368 e. The van der Waals surface area contributed by atoms with E-state index in [1.165, 1.54) is 11.3 Å². The van der Waals surface area contributed by atoms with Gasteiger partial charge in [-0.3, -0.25) is 24.5 Å². The summed E-state index contributed by atoms with van der Waals surface area (Å²) in [5, 5.41) is 8.22. The van der Waals surface area contributed by atoms with Gasteiger partial charge in [-0.25, -0.2) is 4.98 Å². The molecule has 1 aliphatic heterocycles. The largest absolute Gasteiger partial charge is 0.368 e. The van der Waals surface area contributed by atoms with Gasteiger partial charge >= 0.3 is 0 Å². The Morgan fingerprint density at radius 1 is 1.32 bits per heavy atom. The van der Waals surface area contributed by atoms with Crippen molar-refractivity contribution in [3.05, 3.63) is 29.7 Å². The van der Waals surface area contributed by atoms with Crippen LogP contribution in [0.4, 0.5) is 0 Å². The second-order valence-corrected chi connectivity index (χ2v) is 7.42. The second-order valence-electron chi connectivity index (χ2n) is 6.57. The number of thiazole rings is 1. The quantitative estimate of drug-likeness (QED) is 0.689. The molecule has 2 aromatic rings. The number of rotatable bonds is 7. The highest BCUT2D eigenvalue weighted by molar-refractivity contribution is 7.13. The standard InChI is InChI=1S/C18H24N6O3S/c1-19-15(25)11-24-7-3-18(27-2,4-8-24)17(26)22-9-13-12-28-16(23-13)14-10-20-5-6-21-14/h5-6,10,12H,3-4,7-9,11H2,1-2H3,(H,19,25)(H,22,26). The molecule has 0 spiro atoms. The maximum absolute atomic E-state index is 12.8. The number of methoxy groups -OCH3 is 1. The van der Waals surface area contributed by atoms with Crippen LogP contribution in [0.15, 0.2) is 24.0 Å². The summed E-state index contributed by atoms with van der Waals surface area (Å²) in [6.45, 7) is 1.91. The lowest BCUT2D eigenvalue weighted by molar-refractivity contribution is -0.150. The fourth-order valence-corrected chi connectivity index (χ4v) is 3.91. The van der Waals surface area contributed by atoms with Gasteiger partial charge in [0.05, 0.1) is 25.0 Å². The van der Waals surface area contributed by atoms with E-state index in [0.717, 1.165) is 10.7 Å². The minimum absolute atomic E-state index is 0.0307. The first-order chi connectivity index (χ1) is 13.6. The number of hydrogen-bond donors (Lipinski definition) is 2. The Morgan fingerprint density at radius 2 is 2.11 bits per heavy atom. The van der Waals surface area contributed by atoms with E-state index in [-0.39, 0.29) is 11.8 Å². The second kappa shape index (κ2) is 9.18. The van der Waals surface area contributed by atoms with Gasteiger partial charge in [-0.2, -0.15) is 0 Å². The van der Waals surface area contributed by atoms with Gasteiger partial charge in [-0.1, -0.05) is 0 Å². The van der Waals surface area contributed by atoms with Gasteiger partial charge in [0, 0.05) is 45.0 Å². The maximum Gasteiger partial charge on any atom is 0.252 e. The molecule has 0 bridgehead atoms. The Labute approximate surface area is 167 Å². The monoisotopic (exact) mass is 404 g/mol. The van der Waals surface area contributed by atoms with Crippen LogP contribution in [0.5, 0.6) is 0 Å². The Morgan fingerprint density at radius 3 is 2.75 bits per heavy atom. The van der Waals surface area contributed by atoms with Crippen molar-refractivity contribution < 1.29 is 14.3 Å². The van der Waals surface area contributed by atoms with Gasteiger partial charge in [0.2, 0.25) is 5.91 Å². The van der Waals surface area contributed by atoms with E-state index in [2.05, 4.69) is 25.6 Å². The van der Waals surface area contributed by atoms with Crippen molar-refractivity contribution in [2.24, 2.45) is 0 Å². The number of amides is 2. The molecule has 0 aliphatic carbocycles. The zero-order chi connectivity index (χ0) is 20.0. The summed E-state index contributed by atoms with van der Waals surface area (Å²) in [5.41, 5.74) is 0.604. The highest BCUT2D eigenvalue weighted by Crippen LogP contribution is 2.26. The van der Waals surface area contributed by atoms with Gasteiger partial charge in [0.15, 0.2) is 0 Å². The third-order valence-corrected chi connectivity index (χ3v) is 5.79. The Balaban J connectivity index is 1.55. The molecular weight excluding hydrogens is 380 g/mol. The van der Waals surface area contributed by atoms with Gasteiger partial charge in [-0.05, 0) is 12.8 Å². The number of likely N-dealkylation sites (N-methyl/N-ethyl adjacent to an activating group) is 1. The van der Waals surface area contributed by atoms with Gasteiger partial charge in [-0.15, -0.1) is 11.3 Å². The molecule has 150 valence electrons. The Kier molecular flexibility index (Phi) is 6.65. The van der Waals surface area contributed by atoms with Crippen molar-refractivity contribution >= 4 is 23.2 Å². The molecule has 3 rings (SSSR count). The fourth-order valence-electron chi connectivity index (χ4n) is 3.13. The number of likely N-dealkylation sites (tertiary alicyclic amines) is 1. The summed E-state index contributed by atoms with van der Waals surface area (Å²) in [4.78, 5) is 39.1. The lowest BCUT2D eigenvalue weighted by Crippen LogP contribution is -2.55. The van der Waals surface area contributed by atoms with Crippen LogP contribution in [-0.4, -0.2) is 71.1 Å². The van der Waals surface area contributed by atoms with Crippen LogP contribution in [0.25, 0.3) is 10.7 Å². The van der Waals surface area contributed by atoms with E-state index in [9.17, 15) is 9.59 Å². The molecule has 0 atom stereocenters. The molecule has 2 N–H and O–H groups in total. The van der Waals surface area contributed by atoms with E-state index >= 15 is 0 Å². The maximum atomic E-state index is 12.8. The molecule has 1 saturated heterocycles. The summed E-state index contributed by atoms with van der Waals surface area (Å²) >= 11 is 1.46. The first-order valence-electron chi connectivity index (χ1n) is 9.03. The summed E-state index contributed by atoms with van der Waals surface area (Å²) in [5.74, 6) is -0.180. The molecular formula is C18H24N6O3S. The molecule has 0 radical (unpaired) electrons. The van der Waals surface area contributed by atoms with Crippen molar-refractivity contribution in [3.63, 3.8) is 0 Å². The first kappa shape index (κ1) is 20.3. The number of nitrogens with zero attached hydrogens (tertiary/aromatic N) is 4. The first-order valence-corrected chi connectivity index (χ1v) is 9.91. The van der Waals surface area contributed by atoms with Gasteiger partial charge in [0.25, 0.3) is 5.91 Å². The Hall–Kier alpha value is -2.43. The van der Waals surface area contributed by atoms with Crippen molar-refractivity contribution in [1.29, 1.82) is 0 Å². The molecule has 0 aromatic carbocycles. The SMILES string of the molecule is CNC(=O)CN1CCC(OC)(C(=O)NCc2csc(-c3cnccn3)n2)CC1. The molecule has 0 saturated carbocycles. The predicted molar refractivity (Wildman–Crippen MR) is 104 cm³/mol. The highest BCUT2D eigenvalue weighted by Gasteiger charge is 2.41. The lowest BCUT2D eigenvalue weighted by Gasteiger charge is -2.39. The molecule has 2 aromatic heterocycles. The van der Waals surface area contributed by atoms with Crippen LogP contribution in [0.1, 0.15) is 18.5 Å². The van der Waals surface area contributed by atoms with Crippen LogP contribution in [0, 0.1) is 0 Å². The average Bonchev–Trinajstić information content (AvgIpc) is 3.22. The van der Waals surface area contributed by atoms with Crippen LogP contribution in [-0.2, 0) is 20.9 Å². The van der Waals surface area contributed by atoms with E-state index in [1.807, 2.05) is 10.3 Å². The zero-order valence-corrected chi connectivity index (χ0v) is 16.8. The minimum atomic E-state index is -0.872. The number of carbonyl (C=O) groups excluding carboxylic acids is 2. The molecule has 28 heavy (non-hydrogen) atoms. The molecule has 2 amide bonds. The van der Waals surface area contributed by atoms with E-state index in [1.54, 1.807) is 32.7 Å². The Bertz CT molecular complexity index is 805. The number of aromatic nitrogens is 3. The van der Waals surface area contributed by atoms with Crippen molar-refractivity contribution in [2.45, 2.75) is 25.0 Å². The van der Waals surface area contributed by atoms with Crippen LogP contribution in [0.3, 0.4) is 0 Å². The van der Waals surface area contributed by atoms with Gasteiger partial charge in [0.1, 0.15) is 16.3 Å². The van der Waals surface area contributed by atoms with E-state index in [4.69, 9.17) is 4.74 Å². The number of hydrogen-bond acceptors (Lipinski definition) is 8. The molecule has 0 unspecified atom stereocenters. The summed E-state index contributed by atoms with van der Waals surface area (Å²) in [6, 6.07) is 0. The number of carbonyl (C=O) groups is 2. The van der Waals surface area contributed by atoms with Crippen LogP contribution < -0.4 is 10.6 Å². The van der Waals surface area contributed by atoms with Gasteiger partial charge < -0.3 is 15.4 Å². The van der Waals surface area contributed by atoms with E-state index in [0.29, 0.717) is 44.7 Å². The number of nitrogens with one attached hydrogen (secondary N) is 2. The average molecular weight is 404 g/mol. The predicted octanol–water partition coefficient (Wildman–Crippen LogP) is 0.443. The van der Waals surface area contributed by atoms with E-state index < -0.39 is 5.60 Å². The fraction of sp³-hybridized carbons (Fsp3) is 0.500. The molecule has 9 nitrogen and oxygen atoms in total. The van der Waals surface area contributed by atoms with Crippen molar-refractivity contribution in [3.8, 4) is 10.7 Å². The smallest absolute Gasteiger partial charge is 0.252 e. The molecule has 3 heterocycles. The summed E-state index contributed by atoms with van der Waals surface area (Å²) < 4.78 is 5.61. The molecule has 1 aliphatic rings. The molecule has 10 heteroatoms. The van der Waals surface area contributed by atoms with Crippen LogP contribution >= 0.6 is 11.3 Å². The number of ether oxygens (including phenoxy) is 1.